The summed E-state index contributed by atoms with van der Waals surface area (Å²) in [4.78, 5) is 0. The first kappa shape index (κ1) is 15.5. The lowest BCUT2D eigenvalue weighted by Gasteiger charge is -2.10. The highest BCUT2D eigenvalue weighted by Crippen LogP contribution is 2.24. The number of ether oxygens (including phenoxy) is 1. The Morgan fingerprint density at radius 3 is 2.50 bits per heavy atom. The van der Waals surface area contributed by atoms with Crippen molar-refractivity contribution in [3.05, 3.63) is 62.0 Å². The van der Waals surface area contributed by atoms with Crippen molar-refractivity contribution in [2.24, 2.45) is 0 Å². The van der Waals surface area contributed by atoms with Gasteiger partial charge in [0.2, 0.25) is 0 Å². The highest BCUT2D eigenvalue weighted by molar-refractivity contribution is 9.10. The molecule has 0 saturated carbocycles. The normalized spacial score (nSPS) is 10.6. The SMILES string of the molecule is CNCc1ccc(COc2ccc(Br)c(C)c2)c(Br)c1. The van der Waals surface area contributed by atoms with Crippen LogP contribution in [0.1, 0.15) is 16.7 Å². The molecule has 0 aliphatic carbocycles. The van der Waals surface area contributed by atoms with Crippen molar-refractivity contribution in [3.63, 3.8) is 0 Å². The van der Waals surface area contributed by atoms with Gasteiger partial charge in [0.25, 0.3) is 0 Å². The van der Waals surface area contributed by atoms with Gasteiger partial charge in [0.1, 0.15) is 12.4 Å². The van der Waals surface area contributed by atoms with E-state index in [1.54, 1.807) is 0 Å². The smallest absolute Gasteiger partial charge is 0.120 e. The Bertz CT molecular complexity index is 599. The summed E-state index contributed by atoms with van der Waals surface area (Å²) in [6.45, 7) is 3.48. The maximum Gasteiger partial charge on any atom is 0.120 e. The summed E-state index contributed by atoms with van der Waals surface area (Å²) in [5.74, 6) is 0.886. The van der Waals surface area contributed by atoms with Gasteiger partial charge >= 0.3 is 0 Å². The minimum atomic E-state index is 0.557. The molecule has 0 aromatic heterocycles. The van der Waals surface area contributed by atoms with Crippen LogP contribution in [0, 0.1) is 6.92 Å². The lowest BCUT2D eigenvalue weighted by atomic mass is 10.1. The first-order chi connectivity index (χ1) is 9.60. The van der Waals surface area contributed by atoms with Crippen LogP contribution in [0.25, 0.3) is 0 Å². The summed E-state index contributed by atoms with van der Waals surface area (Å²) >= 11 is 7.09. The Hall–Kier alpha value is -0.840. The molecule has 0 fully saturated rings. The van der Waals surface area contributed by atoms with Crippen molar-refractivity contribution >= 4 is 31.9 Å². The maximum absolute atomic E-state index is 5.84. The van der Waals surface area contributed by atoms with Crippen LogP contribution < -0.4 is 10.1 Å². The monoisotopic (exact) mass is 397 g/mol. The molecular weight excluding hydrogens is 382 g/mol. The van der Waals surface area contributed by atoms with E-state index in [1.165, 1.54) is 11.1 Å². The van der Waals surface area contributed by atoms with Crippen LogP contribution >= 0.6 is 31.9 Å². The second kappa shape index (κ2) is 7.25. The van der Waals surface area contributed by atoms with E-state index in [4.69, 9.17) is 4.74 Å². The van der Waals surface area contributed by atoms with Gasteiger partial charge in [-0.3, -0.25) is 0 Å². The third-order valence-corrected chi connectivity index (χ3v) is 4.65. The van der Waals surface area contributed by atoms with Crippen LogP contribution in [-0.4, -0.2) is 7.05 Å². The molecule has 20 heavy (non-hydrogen) atoms. The van der Waals surface area contributed by atoms with E-state index in [1.807, 2.05) is 25.2 Å². The Balaban J connectivity index is 2.05. The van der Waals surface area contributed by atoms with Crippen molar-refractivity contribution < 1.29 is 4.74 Å². The van der Waals surface area contributed by atoms with E-state index in [2.05, 4.69) is 62.3 Å². The zero-order valence-electron chi connectivity index (χ0n) is 11.5. The molecule has 2 aromatic carbocycles. The molecule has 4 heteroatoms. The lowest BCUT2D eigenvalue weighted by Crippen LogP contribution is -2.05. The first-order valence-corrected chi connectivity index (χ1v) is 7.99. The van der Waals surface area contributed by atoms with Crippen LogP contribution in [0.3, 0.4) is 0 Å². The van der Waals surface area contributed by atoms with Gasteiger partial charge in [-0.1, -0.05) is 44.0 Å². The van der Waals surface area contributed by atoms with Crippen LogP contribution in [0.2, 0.25) is 0 Å². The van der Waals surface area contributed by atoms with E-state index in [0.717, 1.165) is 26.8 Å². The summed E-state index contributed by atoms with van der Waals surface area (Å²) < 4.78 is 8.02. The number of nitrogens with one attached hydrogen (secondary N) is 1. The molecule has 0 bridgehead atoms. The minimum Gasteiger partial charge on any atom is -0.489 e. The number of halogens is 2. The number of hydrogen-bond donors (Lipinski definition) is 1. The fourth-order valence-electron chi connectivity index (χ4n) is 1.89. The lowest BCUT2D eigenvalue weighted by molar-refractivity contribution is 0.305. The van der Waals surface area contributed by atoms with Gasteiger partial charge in [-0.25, -0.2) is 0 Å². The van der Waals surface area contributed by atoms with Crippen LogP contribution in [0.5, 0.6) is 5.75 Å². The predicted octanol–water partition coefficient (Wildman–Crippen LogP) is 4.82. The molecule has 0 saturated heterocycles. The van der Waals surface area contributed by atoms with E-state index < -0.39 is 0 Å². The molecule has 1 N–H and O–H groups in total. The fourth-order valence-corrected chi connectivity index (χ4v) is 2.68. The second-order valence-corrected chi connectivity index (χ2v) is 6.36. The zero-order chi connectivity index (χ0) is 14.5. The third-order valence-electron chi connectivity index (χ3n) is 3.02. The molecule has 2 nitrogen and oxygen atoms in total. The zero-order valence-corrected chi connectivity index (χ0v) is 14.7. The summed E-state index contributed by atoms with van der Waals surface area (Å²) in [6.07, 6.45) is 0. The van der Waals surface area contributed by atoms with Crippen molar-refractivity contribution in [2.45, 2.75) is 20.1 Å². The van der Waals surface area contributed by atoms with Gasteiger partial charge in [-0.15, -0.1) is 0 Å². The van der Waals surface area contributed by atoms with Crippen LogP contribution in [-0.2, 0) is 13.2 Å². The summed E-state index contributed by atoms with van der Waals surface area (Å²) in [6, 6.07) is 12.4. The van der Waals surface area contributed by atoms with Gasteiger partial charge < -0.3 is 10.1 Å². The number of hydrogen-bond acceptors (Lipinski definition) is 2. The van der Waals surface area contributed by atoms with Gasteiger partial charge in [0.05, 0.1) is 0 Å². The quantitative estimate of drug-likeness (QED) is 0.779. The van der Waals surface area contributed by atoms with Gasteiger partial charge in [0.15, 0.2) is 0 Å². The second-order valence-electron chi connectivity index (χ2n) is 4.66. The maximum atomic E-state index is 5.84. The van der Waals surface area contributed by atoms with Gasteiger partial charge in [-0.05, 0) is 49.4 Å². The van der Waals surface area contributed by atoms with Crippen molar-refractivity contribution in [2.75, 3.05) is 7.05 Å². The van der Waals surface area contributed by atoms with E-state index in [9.17, 15) is 0 Å². The Morgan fingerprint density at radius 2 is 1.85 bits per heavy atom. The van der Waals surface area contributed by atoms with E-state index in [0.29, 0.717) is 6.61 Å². The Kier molecular flexibility index (Phi) is 5.64. The van der Waals surface area contributed by atoms with Crippen LogP contribution in [0.4, 0.5) is 0 Å². The molecule has 0 unspecified atom stereocenters. The summed E-state index contributed by atoms with van der Waals surface area (Å²) in [7, 11) is 1.95. The fraction of sp³-hybridized carbons (Fsp3) is 0.250. The highest BCUT2D eigenvalue weighted by atomic mass is 79.9. The molecule has 0 spiro atoms. The number of rotatable bonds is 5. The molecule has 106 valence electrons. The number of aryl methyl sites for hydroxylation is 1. The molecule has 2 aromatic rings. The van der Waals surface area contributed by atoms with Gasteiger partial charge in [-0.2, -0.15) is 0 Å². The minimum absolute atomic E-state index is 0.557. The number of benzene rings is 2. The average Bonchev–Trinajstić information content (AvgIpc) is 2.42. The molecule has 0 aliphatic rings. The van der Waals surface area contributed by atoms with Crippen LogP contribution in [0.15, 0.2) is 45.3 Å². The molecule has 2 rings (SSSR count). The average molecular weight is 399 g/mol. The van der Waals surface area contributed by atoms with E-state index in [-0.39, 0.29) is 0 Å². The third kappa shape index (κ3) is 4.08. The van der Waals surface area contributed by atoms with Crippen molar-refractivity contribution in [3.8, 4) is 5.75 Å². The molecule has 0 amide bonds. The Morgan fingerprint density at radius 1 is 1.05 bits per heavy atom. The van der Waals surface area contributed by atoms with Crippen molar-refractivity contribution in [1.82, 2.24) is 5.32 Å². The Labute approximate surface area is 136 Å². The largest absolute Gasteiger partial charge is 0.489 e. The highest BCUT2D eigenvalue weighted by Gasteiger charge is 2.04. The molecule has 0 atom stereocenters. The molecular formula is C16H17Br2NO. The van der Waals surface area contributed by atoms with Crippen molar-refractivity contribution in [1.29, 1.82) is 0 Å². The van der Waals surface area contributed by atoms with Gasteiger partial charge in [0, 0.05) is 21.1 Å². The first-order valence-electron chi connectivity index (χ1n) is 6.41. The standard InChI is InChI=1S/C16H17Br2NO/c1-11-7-14(5-6-15(11)17)20-10-13-4-3-12(9-19-2)8-16(13)18/h3-8,19H,9-10H2,1-2H3. The molecule has 0 aliphatic heterocycles. The summed E-state index contributed by atoms with van der Waals surface area (Å²) in [5, 5.41) is 3.14. The predicted molar refractivity (Wildman–Crippen MR) is 90.1 cm³/mol. The topological polar surface area (TPSA) is 21.3 Å². The molecule has 0 heterocycles. The molecule has 0 radical (unpaired) electrons. The van der Waals surface area contributed by atoms with E-state index >= 15 is 0 Å². The summed E-state index contributed by atoms with van der Waals surface area (Å²) in [5.41, 5.74) is 3.57.